The van der Waals surface area contributed by atoms with Crippen LogP contribution in [0, 0.1) is 0 Å². The molecule has 0 aliphatic heterocycles. The van der Waals surface area contributed by atoms with Gasteiger partial charge in [-0.05, 0) is 49.9 Å². The summed E-state index contributed by atoms with van der Waals surface area (Å²) in [5.74, 6) is 0.917. The number of hydrogen-bond acceptors (Lipinski definition) is 5. The van der Waals surface area contributed by atoms with Crippen LogP contribution in [0.3, 0.4) is 0 Å². The maximum Gasteiger partial charge on any atom is 0.134 e. The lowest BCUT2D eigenvalue weighted by Crippen LogP contribution is -2.35. The summed E-state index contributed by atoms with van der Waals surface area (Å²) in [5.41, 5.74) is 8.12. The third-order valence-electron chi connectivity index (χ3n) is 4.66. The number of hydrogen-bond donors (Lipinski definition) is 2. The third-order valence-corrected chi connectivity index (χ3v) is 4.66. The van der Waals surface area contributed by atoms with E-state index in [1.54, 1.807) is 12.4 Å². The van der Waals surface area contributed by atoms with Crippen molar-refractivity contribution in [2.24, 2.45) is 5.73 Å². The molecule has 0 amide bonds. The summed E-state index contributed by atoms with van der Waals surface area (Å²) in [6, 6.07) is 8.72. The van der Waals surface area contributed by atoms with Gasteiger partial charge in [0.05, 0.1) is 5.69 Å². The lowest BCUT2D eigenvalue weighted by atomic mass is 9.91. The molecule has 0 aromatic carbocycles. The highest BCUT2D eigenvalue weighted by Gasteiger charge is 2.20. The van der Waals surface area contributed by atoms with Gasteiger partial charge in [-0.25, -0.2) is 4.98 Å². The summed E-state index contributed by atoms with van der Waals surface area (Å²) in [7, 11) is 0. The van der Waals surface area contributed by atoms with Gasteiger partial charge in [0.15, 0.2) is 0 Å². The molecule has 24 heavy (non-hydrogen) atoms. The maximum atomic E-state index is 6.14. The van der Waals surface area contributed by atoms with Crippen LogP contribution in [0.25, 0.3) is 22.0 Å². The van der Waals surface area contributed by atoms with Crippen LogP contribution in [-0.4, -0.2) is 27.0 Å². The molecule has 1 fully saturated rings. The molecule has 0 bridgehead atoms. The van der Waals surface area contributed by atoms with Crippen molar-refractivity contribution in [1.82, 2.24) is 15.0 Å². The lowest BCUT2D eigenvalue weighted by molar-refractivity contribution is 0.409. The standard InChI is InChI=1S/C19H21N5/c20-15-2-1-3-16(11-15)23-19-17-6-9-22-12-14(17)10-18(24-19)13-4-7-21-8-5-13/h4-10,12,15-16H,1-3,11,20H2,(H,23,24)/t15-,16+/m0/s1. The highest BCUT2D eigenvalue weighted by atomic mass is 15.0. The highest BCUT2D eigenvalue weighted by Crippen LogP contribution is 2.29. The maximum absolute atomic E-state index is 6.14. The number of aromatic nitrogens is 3. The number of anilines is 1. The Bertz CT molecular complexity index is 834. The fourth-order valence-corrected chi connectivity index (χ4v) is 3.43. The molecule has 1 aliphatic carbocycles. The number of fused-ring (bicyclic) bond motifs is 1. The molecule has 4 rings (SSSR count). The summed E-state index contributed by atoms with van der Waals surface area (Å²) in [6.07, 6.45) is 11.7. The molecular formula is C19H21N5. The van der Waals surface area contributed by atoms with Crippen LogP contribution in [0.15, 0.2) is 49.1 Å². The van der Waals surface area contributed by atoms with E-state index in [9.17, 15) is 0 Å². The van der Waals surface area contributed by atoms with Crippen molar-refractivity contribution in [2.45, 2.75) is 37.8 Å². The Labute approximate surface area is 141 Å². The quantitative estimate of drug-likeness (QED) is 0.774. The number of nitrogens with zero attached hydrogens (tertiary/aromatic N) is 3. The predicted molar refractivity (Wildman–Crippen MR) is 96.6 cm³/mol. The largest absolute Gasteiger partial charge is 0.367 e. The van der Waals surface area contributed by atoms with E-state index in [0.717, 1.165) is 47.1 Å². The molecule has 3 aromatic heterocycles. The molecule has 3 aromatic rings. The highest BCUT2D eigenvalue weighted by molar-refractivity contribution is 5.94. The van der Waals surface area contributed by atoms with Crippen LogP contribution in [0.5, 0.6) is 0 Å². The van der Waals surface area contributed by atoms with Gasteiger partial charge in [0.2, 0.25) is 0 Å². The molecule has 2 atom stereocenters. The van der Waals surface area contributed by atoms with Gasteiger partial charge in [-0.15, -0.1) is 0 Å². The summed E-state index contributed by atoms with van der Waals surface area (Å²) in [6.45, 7) is 0. The minimum Gasteiger partial charge on any atom is -0.367 e. The zero-order valence-electron chi connectivity index (χ0n) is 13.5. The van der Waals surface area contributed by atoms with Crippen LogP contribution in [-0.2, 0) is 0 Å². The SMILES string of the molecule is N[C@H]1CCC[C@@H](Nc2nc(-c3ccncc3)cc3cnccc23)C1. The molecular weight excluding hydrogens is 298 g/mol. The van der Waals surface area contributed by atoms with Crippen molar-refractivity contribution >= 4 is 16.6 Å². The van der Waals surface area contributed by atoms with Gasteiger partial charge in [-0.3, -0.25) is 9.97 Å². The zero-order valence-corrected chi connectivity index (χ0v) is 13.5. The van der Waals surface area contributed by atoms with Gasteiger partial charge in [0, 0.05) is 53.2 Å². The first-order chi connectivity index (χ1) is 11.8. The van der Waals surface area contributed by atoms with E-state index in [1.165, 1.54) is 6.42 Å². The van der Waals surface area contributed by atoms with E-state index in [0.29, 0.717) is 6.04 Å². The van der Waals surface area contributed by atoms with Crippen molar-refractivity contribution in [3.05, 3.63) is 49.1 Å². The van der Waals surface area contributed by atoms with Crippen LogP contribution in [0.1, 0.15) is 25.7 Å². The first kappa shape index (κ1) is 15.0. The second-order valence-corrected chi connectivity index (χ2v) is 6.46. The molecule has 122 valence electrons. The number of rotatable bonds is 3. The minimum atomic E-state index is 0.285. The van der Waals surface area contributed by atoms with E-state index in [-0.39, 0.29) is 6.04 Å². The molecule has 1 aliphatic rings. The van der Waals surface area contributed by atoms with E-state index in [2.05, 4.69) is 21.4 Å². The van der Waals surface area contributed by atoms with Crippen LogP contribution in [0.2, 0.25) is 0 Å². The number of pyridine rings is 3. The number of nitrogens with two attached hydrogens (primary N) is 1. The molecule has 0 radical (unpaired) electrons. The Morgan fingerprint density at radius 2 is 1.88 bits per heavy atom. The van der Waals surface area contributed by atoms with Crippen molar-refractivity contribution in [1.29, 1.82) is 0 Å². The second-order valence-electron chi connectivity index (χ2n) is 6.46. The van der Waals surface area contributed by atoms with Crippen molar-refractivity contribution < 1.29 is 0 Å². The Balaban J connectivity index is 1.75. The monoisotopic (exact) mass is 319 g/mol. The van der Waals surface area contributed by atoms with Crippen molar-refractivity contribution in [2.75, 3.05) is 5.32 Å². The first-order valence-corrected chi connectivity index (χ1v) is 8.47. The Hall–Kier alpha value is -2.53. The Kier molecular flexibility index (Phi) is 4.09. The van der Waals surface area contributed by atoms with Gasteiger partial charge in [-0.2, -0.15) is 0 Å². The van der Waals surface area contributed by atoms with Gasteiger partial charge < -0.3 is 11.1 Å². The van der Waals surface area contributed by atoms with Gasteiger partial charge >= 0.3 is 0 Å². The molecule has 1 saturated carbocycles. The van der Waals surface area contributed by atoms with Gasteiger partial charge in [0.25, 0.3) is 0 Å². The summed E-state index contributed by atoms with van der Waals surface area (Å²) in [5, 5.41) is 5.81. The van der Waals surface area contributed by atoms with Crippen LogP contribution in [0.4, 0.5) is 5.82 Å². The second kappa shape index (κ2) is 6.53. The first-order valence-electron chi connectivity index (χ1n) is 8.47. The van der Waals surface area contributed by atoms with Crippen molar-refractivity contribution in [3.8, 4) is 11.3 Å². The summed E-state index contributed by atoms with van der Waals surface area (Å²) >= 11 is 0. The molecule has 3 heterocycles. The molecule has 5 heteroatoms. The predicted octanol–water partition coefficient (Wildman–Crippen LogP) is 3.37. The fraction of sp³-hybridized carbons (Fsp3) is 0.316. The number of nitrogens with one attached hydrogen (secondary N) is 1. The lowest BCUT2D eigenvalue weighted by Gasteiger charge is -2.28. The Morgan fingerprint density at radius 3 is 2.71 bits per heavy atom. The van der Waals surface area contributed by atoms with E-state index in [4.69, 9.17) is 10.7 Å². The van der Waals surface area contributed by atoms with E-state index < -0.39 is 0 Å². The van der Waals surface area contributed by atoms with E-state index >= 15 is 0 Å². The topological polar surface area (TPSA) is 76.7 Å². The molecule has 0 spiro atoms. The molecule has 0 saturated heterocycles. The normalized spacial score (nSPS) is 20.9. The van der Waals surface area contributed by atoms with Gasteiger partial charge in [0.1, 0.15) is 5.82 Å². The van der Waals surface area contributed by atoms with E-state index in [1.807, 2.05) is 30.6 Å². The summed E-state index contributed by atoms with van der Waals surface area (Å²) in [4.78, 5) is 13.2. The zero-order chi connectivity index (χ0) is 16.4. The average molecular weight is 319 g/mol. The fourth-order valence-electron chi connectivity index (χ4n) is 3.43. The summed E-state index contributed by atoms with van der Waals surface area (Å²) < 4.78 is 0. The molecule has 5 nitrogen and oxygen atoms in total. The Morgan fingerprint density at radius 1 is 1.04 bits per heavy atom. The minimum absolute atomic E-state index is 0.285. The van der Waals surface area contributed by atoms with Crippen LogP contribution >= 0.6 is 0 Å². The average Bonchev–Trinajstić information content (AvgIpc) is 2.62. The van der Waals surface area contributed by atoms with Crippen molar-refractivity contribution in [3.63, 3.8) is 0 Å². The molecule has 3 N–H and O–H groups in total. The smallest absolute Gasteiger partial charge is 0.134 e. The van der Waals surface area contributed by atoms with Gasteiger partial charge in [-0.1, -0.05) is 0 Å². The molecule has 0 unspecified atom stereocenters. The van der Waals surface area contributed by atoms with Crippen LogP contribution < -0.4 is 11.1 Å². The third kappa shape index (κ3) is 3.08.